The van der Waals surface area contributed by atoms with E-state index in [9.17, 15) is 9.18 Å². The van der Waals surface area contributed by atoms with Crippen molar-refractivity contribution < 1.29 is 19.0 Å². The zero-order valence-corrected chi connectivity index (χ0v) is 13.9. The van der Waals surface area contributed by atoms with Gasteiger partial charge in [-0.15, -0.1) is 0 Å². The van der Waals surface area contributed by atoms with Crippen LogP contribution in [0.4, 0.5) is 4.39 Å². The van der Waals surface area contributed by atoms with Crippen LogP contribution in [-0.4, -0.2) is 27.1 Å². The predicted molar refractivity (Wildman–Crippen MR) is 94.4 cm³/mol. The smallest absolute Gasteiger partial charge is 0.304 e. The van der Waals surface area contributed by atoms with Gasteiger partial charge in [0, 0.05) is 12.5 Å². The zero-order valence-electron chi connectivity index (χ0n) is 13.9. The molecule has 26 heavy (non-hydrogen) atoms. The Bertz CT molecular complexity index is 876. The second-order valence-electron chi connectivity index (χ2n) is 5.89. The number of carboxylic acids is 1. The van der Waals surface area contributed by atoms with E-state index < -0.39 is 12.0 Å². The molecule has 0 aliphatic heterocycles. The largest absolute Gasteiger partial charge is 0.481 e. The number of nitrogens with zero attached hydrogens (tertiary/aromatic N) is 1. The summed E-state index contributed by atoms with van der Waals surface area (Å²) in [6, 6.07) is 12.6. The molecule has 0 fully saturated rings. The maximum absolute atomic E-state index is 12.9. The monoisotopic (exact) mass is 355 g/mol. The number of aliphatic carboxylic acids is 1. The second-order valence-corrected chi connectivity index (χ2v) is 5.89. The highest BCUT2D eigenvalue weighted by atomic mass is 19.1. The number of hydrogen-bond donors (Lipinski definition) is 3. The number of halogens is 1. The molecule has 0 aliphatic carbocycles. The molecular formula is C19H18FN3O3. The molecule has 0 unspecified atom stereocenters. The van der Waals surface area contributed by atoms with Crippen molar-refractivity contribution in [3.05, 3.63) is 66.4 Å². The van der Waals surface area contributed by atoms with Crippen molar-refractivity contribution in [2.45, 2.75) is 18.9 Å². The van der Waals surface area contributed by atoms with Crippen molar-refractivity contribution in [3.8, 4) is 22.8 Å². The number of rotatable bonds is 7. The third kappa shape index (κ3) is 4.67. The van der Waals surface area contributed by atoms with Crippen LogP contribution in [0.5, 0.6) is 11.5 Å². The first kappa shape index (κ1) is 17.6. The molecule has 2 aromatic carbocycles. The molecule has 0 bridgehead atoms. The third-order valence-electron chi connectivity index (χ3n) is 3.74. The lowest BCUT2D eigenvalue weighted by Gasteiger charge is -2.07. The number of H-pyrrole nitrogens is 1. The highest BCUT2D eigenvalue weighted by Crippen LogP contribution is 2.25. The summed E-state index contributed by atoms with van der Waals surface area (Å²) in [5.74, 6) is 0.575. The minimum absolute atomic E-state index is 0.106. The van der Waals surface area contributed by atoms with Gasteiger partial charge in [0.1, 0.15) is 23.1 Å². The Morgan fingerprint density at radius 1 is 1.15 bits per heavy atom. The fraction of sp³-hybridized carbons (Fsp3) is 0.158. The van der Waals surface area contributed by atoms with Gasteiger partial charge in [0.15, 0.2) is 0 Å². The Balaban J connectivity index is 1.65. The van der Waals surface area contributed by atoms with Gasteiger partial charge in [0.25, 0.3) is 0 Å². The zero-order chi connectivity index (χ0) is 18.5. The van der Waals surface area contributed by atoms with E-state index in [1.54, 1.807) is 30.5 Å². The molecule has 0 aliphatic rings. The summed E-state index contributed by atoms with van der Waals surface area (Å²) in [5.41, 5.74) is 7.48. The van der Waals surface area contributed by atoms with Gasteiger partial charge in [0.05, 0.1) is 18.3 Å². The van der Waals surface area contributed by atoms with Gasteiger partial charge in [0.2, 0.25) is 0 Å². The summed E-state index contributed by atoms with van der Waals surface area (Å²) in [4.78, 5) is 18.1. The van der Waals surface area contributed by atoms with Crippen LogP contribution < -0.4 is 10.5 Å². The lowest BCUT2D eigenvalue weighted by molar-refractivity contribution is -0.137. The maximum Gasteiger partial charge on any atom is 0.304 e. The summed E-state index contributed by atoms with van der Waals surface area (Å²) >= 11 is 0. The number of carboxylic acid groups (broad SMARTS) is 1. The Morgan fingerprint density at radius 3 is 2.38 bits per heavy atom. The second kappa shape index (κ2) is 7.79. The van der Waals surface area contributed by atoms with Crippen molar-refractivity contribution in [2.24, 2.45) is 5.73 Å². The number of carbonyl (C=O) groups is 1. The number of aromatic amines is 1. The van der Waals surface area contributed by atoms with Crippen LogP contribution in [0.1, 0.15) is 12.2 Å². The molecule has 0 radical (unpaired) electrons. The standard InChI is InChI=1S/C19H18FN3O3/c20-13-3-7-16(8-4-13)26-15-5-1-12(2-6-15)17-11-22-18(23-17)9-14(21)10-19(24)25/h1-8,11,14H,9-10,21H2,(H,22,23)(H,24,25)/t14-/m1/s1. The van der Waals surface area contributed by atoms with Crippen LogP contribution in [0.15, 0.2) is 54.7 Å². The molecule has 0 saturated heterocycles. The Morgan fingerprint density at radius 2 is 1.77 bits per heavy atom. The summed E-state index contributed by atoms with van der Waals surface area (Å²) in [6.07, 6.45) is 1.93. The van der Waals surface area contributed by atoms with Gasteiger partial charge in [-0.3, -0.25) is 4.79 Å². The summed E-state index contributed by atoms with van der Waals surface area (Å²) in [5, 5.41) is 8.75. The molecule has 0 amide bonds. The topological polar surface area (TPSA) is 101 Å². The lowest BCUT2D eigenvalue weighted by atomic mass is 10.1. The van der Waals surface area contributed by atoms with Crippen molar-refractivity contribution in [2.75, 3.05) is 0 Å². The minimum atomic E-state index is -0.930. The summed E-state index contributed by atoms with van der Waals surface area (Å²) in [7, 11) is 0. The van der Waals surface area contributed by atoms with Crippen LogP contribution in [0, 0.1) is 5.82 Å². The van der Waals surface area contributed by atoms with Crippen LogP contribution in [-0.2, 0) is 11.2 Å². The normalized spacial score (nSPS) is 11.9. The van der Waals surface area contributed by atoms with Crippen LogP contribution in [0.25, 0.3) is 11.3 Å². The Labute approximate surface area is 149 Å². The molecule has 0 spiro atoms. The van der Waals surface area contributed by atoms with Gasteiger partial charge in [-0.05, 0) is 54.1 Å². The highest BCUT2D eigenvalue weighted by Gasteiger charge is 2.12. The fourth-order valence-corrected chi connectivity index (χ4v) is 2.50. The molecule has 3 rings (SSSR count). The third-order valence-corrected chi connectivity index (χ3v) is 3.74. The Hall–Kier alpha value is -3.19. The van der Waals surface area contributed by atoms with E-state index in [0.717, 1.165) is 11.3 Å². The predicted octanol–water partition coefficient (Wildman–Crippen LogP) is 3.35. The minimum Gasteiger partial charge on any atom is -0.481 e. The molecular weight excluding hydrogens is 337 g/mol. The van der Waals surface area contributed by atoms with Crippen LogP contribution >= 0.6 is 0 Å². The van der Waals surface area contributed by atoms with E-state index in [4.69, 9.17) is 15.6 Å². The Kier molecular flexibility index (Phi) is 5.28. The molecule has 6 nitrogen and oxygen atoms in total. The molecule has 1 heterocycles. The first-order chi connectivity index (χ1) is 12.5. The number of nitrogens with two attached hydrogens (primary N) is 1. The average Bonchev–Trinajstić information content (AvgIpc) is 3.05. The van der Waals surface area contributed by atoms with Gasteiger partial charge in [-0.2, -0.15) is 0 Å². The molecule has 1 aromatic heterocycles. The highest BCUT2D eigenvalue weighted by molar-refractivity contribution is 5.67. The van der Waals surface area contributed by atoms with E-state index >= 15 is 0 Å². The van der Waals surface area contributed by atoms with E-state index in [2.05, 4.69) is 9.97 Å². The molecule has 134 valence electrons. The van der Waals surface area contributed by atoms with Gasteiger partial charge in [-0.25, -0.2) is 9.37 Å². The fourth-order valence-electron chi connectivity index (χ4n) is 2.50. The first-order valence-electron chi connectivity index (χ1n) is 8.05. The van der Waals surface area contributed by atoms with Gasteiger partial charge >= 0.3 is 5.97 Å². The molecule has 1 atom stereocenters. The van der Waals surface area contributed by atoms with E-state index in [-0.39, 0.29) is 12.2 Å². The van der Waals surface area contributed by atoms with Gasteiger partial charge < -0.3 is 20.6 Å². The van der Waals surface area contributed by atoms with Gasteiger partial charge in [-0.1, -0.05) is 0 Å². The van der Waals surface area contributed by atoms with E-state index in [0.29, 0.717) is 23.7 Å². The van der Waals surface area contributed by atoms with Crippen molar-refractivity contribution >= 4 is 5.97 Å². The number of imidazole rings is 1. The summed E-state index contributed by atoms with van der Waals surface area (Å²) < 4.78 is 18.6. The lowest BCUT2D eigenvalue weighted by Crippen LogP contribution is -2.26. The van der Waals surface area contributed by atoms with Crippen molar-refractivity contribution in [1.29, 1.82) is 0 Å². The number of benzene rings is 2. The van der Waals surface area contributed by atoms with E-state index in [1.807, 2.05) is 12.1 Å². The van der Waals surface area contributed by atoms with Crippen LogP contribution in [0.2, 0.25) is 0 Å². The number of aromatic nitrogens is 2. The molecule has 7 heteroatoms. The number of hydrogen-bond acceptors (Lipinski definition) is 4. The van der Waals surface area contributed by atoms with E-state index in [1.165, 1.54) is 12.1 Å². The number of ether oxygens (including phenoxy) is 1. The van der Waals surface area contributed by atoms with Crippen molar-refractivity contribution in [3.63, 3.8) is 0 Å². The summed E-state index contributed by atoms with van der Waals surface area (Å²) in [6.45, 7) is 0. The quantitative estimate of drug-likeness (QED) is 0.603. The molecule has 0 saturated carbocycles. The average molecular weight is 355 g/mol. The molecule has 3 aromatic rings. The molecule has 4 N–H and O–H groups in total. The van der Waals surface area contributed by atoms with Crippen LogP contribution in [0.3, 0.4) is 0 Å². The van der Waals surface area contributed by atoms with Crippen molar-refractivity contribution in [1.82, 2.24) is 9.97 Å². The number of nitrogens with one attached hydrogen (secondary N) is 1. The SMILES string of the molecule is N[C@@H](CC(=O)O)Cc1ncc(-c2ccc(Oc3ccc(F)cc3)cc2)[nH]1. The first-order valence-corrected chi connectivity index (χ1v) is 8.05. The maximum atomic E-state index is 12.9.